The van der Waals surface area contributed by atoms with Gasteiger partial charge in [0.05, 0.1) is 10.5 Å². The molecule has 3 N–H and O–H groups in total. The third-order valence-electron chi connectivity index (χ3n) is 3.98. The SMILES string of the molecule is NC1C(=O)N2C(C(=O)O)=C(C(=O)OCc3ccc([N+](=O)[O-])cc3)CS[C@H]12. The molecule has 1 saturated heterocycles. The van der Waals surface area contributed by atoms with Gasteiger partial charge in [-0.15, -0.1) is 11.8 Å². The number of aliphatic carboxylic acids is 1. The number of nitro groups is 1. The maximum absolute atomic E-state index is 12.3. The average Bonchev–Trinajstić information content (AvgIpc) is 2.64. The van der Waals surface area contributed by atoms with E-state index in [0.29, 0.717) is 5.56 Å². The van der Waals surface area contributed by atoms with Crippen molar-refractivity contribution in [2.45, 2.75) is 18.0 Å². The smallest absolute Gasteiger partial charge is 0.353 e. The zero-order chi connectivity index (χ0) is 19.0. The minimum Gasteiger partial charge on any atom is -0.477 e. The molecule has 11 heteroatoms. The van der Waals surface area contributed by atoms with Crippen LogP contribution in [-0.2, 0) is 25.7 Å². The molecular formula is C15H13N3O7S. The third kappa shape index (κ3) is 3.02. The lowest BCUT2D eigenvalue weighted by Crippen LogP contribution is -2.68. The molecule has 3 rings (SSSR count). The van der Waals surface area contributed by atoms with E-state index in [1.165, 1.54) is 36.0 Å². The van der Waals surface area contributed by atoms with Crippen molar-refractivity contribution in [1.82, 2.24) is 4.90 Å². The number of carboxylic acids is 1. The number of β-lactam (4-membered cyclic amide) rings is 1. The van der Waals surface area contributed by atoms with Crippen LogP contribution in [0.5, 0.6) is 0 Å². The van der Waals surface area contributed by atoms with Crippen molar-refractivity contribution >= 4 is 35.3 Å². The number of hydrogen-bond donors (Lipinski definition) is 2. The fourth-order valence-electron chi connectivity index (χ4n) is 2.62. The minimum atomic E-state index is -1.40. The summed E-state index contributed by atoms with van der Waals surface area (Å²) < 4.78 is 5.11. The standard InChI is InChI=1S/C15H13N3O7S/c16-10-12(19)17-11(14(20)21)9(6-26-13(10)17)15(22)25-5-7-1-3-8(4-2-7)18(23)24/h1-4,10,13H,5-6,16H2,(H,20,21)/t10?,13-/m1/s1. The monoisotopic (exact) mass is 379 g/mol. The number of carboxylic acid groups (broad SMARTS) is 1. The molecule has 2 heterocycles. The molecule has 2 aliphatic rings. The number of esters is 1. The molecule has 1 unspecified atom stereocenters. The first-order chi connectivity index (χ1) is 12.3. The van der Waals surface area contributed by atoms with Crippen LogP contribution in [-0.4, -0.2) is 49.9 Å². The van der Waals surface area contributed by atoms with Crippen LogP contribution < -0.4 is 5.73 Å². The number of non-ortho nitro benzene ring substituents is 1. The molecule has 0 bridgehead atoms. The minimum absolute atomic E-state index is 0.0584. The van der Waals surface area contributed by atoms with Gasteiger partial charge >= 0.3 is 11.9 Å². The summed E-state index contributed by atoms with van der Waals surface area (Å²) in [5.41, 5.74) is 5.51. The number of fused-ring (bicyclic) bond motifs is 1. The number of ether oxygens (including phenoxy) is 1. The zero-order valence-electron chi connectivity index (χ0n) is 13.2. The second-order valence-electron chi connectivity index (χ2n) is 5.57. The highest BCUT2D eigenvalue weighted by Crippen LogP contribution is 2.39. The van der Waals surface area contributed by atoms with Crippen LogP contribution in [0.2, 0.25) is 0 Å². The van der Waals surface area contributed by atoms with Crippen LogP contribution in [0.15, 0.2) is 35.5 Å². The molecule has 1 fully saturated rings. The van der Waals surface area contributed by atoms with Crippen LogP contribution in [0.4, 0.5) is 5.69 Å². The van der Waals surface area contributed by atoms with E-state index in [1.54, 1.807) is 0 Å². The summed E-state index contributed by atoms with van der Waals surface area (Å²) in [6.07, 6.45) is 0. The lowest BCUT2D eigenvalue weighted by atomic mass is 10.0. The first kappa shape index (κ1) is 17.9. The van der Waals surface area contributed by atoms with Gasteiger partial charge in [-0.25, -0.2) is 9.59 Å². The Morgan fingerprint density at radius 1 is 1.38 bits per heavy atom. The maximum atomic E-state index is 12.3. The molecule has 2 aliphatic heterocycles. The lowest BCUT2D eigenvalue weighted by Gasteiger charge is -2.47. The summed E-state index contributed by atoms with van der Waals surface area (Å²) in [5, 5.41) is 19.5. The number of carbonyl (C=O) groups is 3. The van der Waals surface area contributed by atoms with Crippen LogP contribution in [0, 0.1) is 10.1 Å². The third-order valence-corrected chi connectivity index (χ3v) is 5.28. The van der Waals surface area contributed by atoms with E-state index in [2.05, 4.69) is 0 Å². The summed E-state index contributed by atoms with van der Waals surface area (Å²) in [7, 11) is 0. The van der Waals surface area contributed by atoms with Crippen molar-refractivity contribution in [2.24, 2.45) is 5.73 Å². The molecule has 0 spiro atoms. The predicted molar refractivity (Wildman–Crippen MR) is 88.6 cm³/mol. The number of carbonyl (C=O) groups excluding carboxylic acids is 2. The van der Waals surface area contributed by atoms with E-state index in [1.807, 2.05) is 0 Å². The van der Waals surface area contributed by atoms with Gasteiger partial charge in [-0.2, -0.15) is 0 Å². The Morgan fingerprint density at radius 2 is 2.04 bits per heavy atom. The van der Waals surface area contributed by atoms with E-state index in [4.69, 9.17) is 10.5 Å². The number of nitrogens with zero attached hydrogens (tertiary/aromatic N) is 2. The van der Waals surface area contributed by atoms with Crippen molar-refractivity contribution in [1.29, 1.82) is 0 Å². The molecule has 2 atom stereocenters. The first-order valence-electron chi connectivity index (χ1n) is 7.38. The van der Waals surface area contributed by atoms with Gasteiger partial charge in [-0.05, 0) is 17.7 Å². The van der Waals surface area contributed by atoms with E-state index in [-0.39, 0.29) is 23.6 Å². The summed E-state index contributed by atoms with van der Waals surface area (Å²) in [6.45, 7) is -0.186. The molecule has 1 aromatic rings. The molecule has 1 aromatic carbocycles. The number of hydrogen-bond acceptors (Lipinski definition) is 8. The van der Waals surface area contributed by atoms with Crippen molar-refractivity contribution < 1.29 is 29.2 Å². The van der Waals surface area contributed by atoms with Gasteiger partial charge in [0, 0.05) is 17.9 Å². The number of thioether (sulfide) groups is 1. The number of rotatable bonds is 5. The fraction of sp³-hybridized carbons (Fsp3) is 0.267. The Morgan fingerprint density at radius 3 is 2.62 bits per heavy atom. The fourth-order valence-corrected chi connectivity index (χ4v) is 3.90. The number of benzene rings is 1. The van der Waals surface area contributed by atoms with Crippen LogP contribution in [0.25, 0.3) is 0 Å². The average molecular weight is 379 g/mol. The molecule has 0 aromatic heterocycles. The Labute approximate surface area is 150 Å². The van der Waals surface area contributed by atoms with Crippen molar-refractivity contribution in [3.8, 4) is 0 Å². The number of nitrogens with two attached hydrogens (primary N) is 1. The summed E-state index contributed by atoms with van der Waals surface area (Å²) >= 11 is 1.19. The van der Waals surface area contributed by atoms with Crippen LogP contribution >= 0.6 is 11.8 Å². The molecule has 0 aliphatic carbocycles. The summed E-state index contributed by atoms with van der Waals surface area (Å²) in [5.74, 6) is -2.76. The molecule has 10 nitrogen and oxygen atoms in total. The molecule has 26 heavy (non-hydrogen) atoms. The van der Waals surface area contributed by atoms with Gasteiger partial charge < -0.3 is 15.6 Å². The Bertz CT molecular complexity index is 836. The molecular weight excluding hydrogens is 366 g/mol. The highest BCUT2D eigenvalue weighted by atomic mass is 32.2. The second-order valence-corrected chi connectivity index (χ2v) is 6.67. The molecule has 1 amide bonds. The second kappa shape index (κ2) is 6.77. The van der Waals surface area contributed by atoms with Gasteiger partial charge in [0.15, 0.2) is 0 Å². The highest BCUT2D eigenvalue weighted by Gasteiger charge is 2.52. The van der Waals surface area contributed by atoms with Gasteiger partial charge in [-0.1, -0.05) is 0 Å². The van der Waals surface area contributed by atoms with E-state index < -0.39 is 39.9 Å². The highest BCUT2D eigenvalue weighted by molar-refractivity contribution is 8.00. The van der Waals surface area contributed by atoms with Gasteiger partial charge in [0.1, 0.15) is 23.7 Å². The lowest BCUT2D eigenvalue weighted by molar-refractivity contribution is -0.384. The van der Waals surface area contributed by atoms with Gasteiger partial charge in [0.25, 0.3) is 5.69 Å². The number of nitro benzene ring substituents is 1. The summed E-state index contributed by atoms with van der Waals surface area (Å²) in [6, 6.07) is 4.62. The molecule has 0 radical (unpaired) electrons. The van der Waals surface area contributed by atoms with Crippen LogP contribution in [0.3, 0.4) is 0 Å². The number of amides is 1. The topological polar surface area (TPSA) is 153 Å². The maximum Gasteiger partial charge on any atom is 0.353 e. The predicted octanol–water partition coefficient (Wildman–Crippen LogP) is 0.219. The molecule has 136 valence electrons. The quantitative estimate of drug-likeness (QED) is 0.316. The Balaban J connectivity index is 1.74. The molecule has 0 saturated carbocycles. The van der Waals surface area contributed by atoms with E-state index >= 15 is 0 Å². The van der Waals surface area contributed by atoms with Gasteiger partial charge in [0.2, 0.25) is 5.91 Å². The first-order valence-corrected chi connectivity index (χ1v) is 8.43. The van der Waals surface area contributed by atoms with E-state index in [0.717, 1.165) is 4.90 Å². The Hall–Kier alpha value is -2.92. The van der Waals surface area contributed by atoms with E-state index in [9.17, 15) is 29.6 Å². The van der Waals surface area contributed by atoms with Gasteiger partial charge in [-0.3, -0.25) is 19.8 Å². The van der Waals surface area contributed by atoms with Crippen molar-refractivity contribution in [3.05, 3.63) is 51.2 Å². The normalized spacial score (nSPS) is 21.7. The summed E-state index contributed by atoms with van der Waals surface area (Å²) in [4.78, 5) is 46.7. The van der Waals surface area contributed by atoms with Crippen molar-refractivity contribution in [3.63, 3.8) is 0 Å². The largest absolute Gasteiger partial charge is 0.477 e. The van der Waals surface area contributed by atoms with Crippen molar-refractivity contribution in [2.75, 3.05) is 5.75 Å². The Kier molecular flexibility index (Phi) is 4.66. The zero-order valence-corrected chi connectivity index (χ0v) is 14.0. The van der Waals surface area contributed by atoms with Crippen LogP contribution in [0.1, 0.15) is 5.56 Å².